The largest absolute Gasteiger partial charge is 0.495 e. The van der Waals surface area contributed by atoms with Crippen LogP contribution in [0.2, 0.25) is 10.0 Å². The first-order chi connectivity index (χ1) is 16.9. The van der Waals surface area contributed by atoms with Crippen LogP contribution in [0.3, 0.4) is 0 Å². The van der Waals surface area contributed by atoms with Crippen LogP contribution in [0, 0.1) is 11.3 Å². The number of carbonyl (C=O) groups is 1. The Balaban J connectivity index is 1.79. The number of amides is 1. The summed E-state index contributed by atoms with van der Waals surface area (Å²) in [6, 6.07) is 17.4. The summed E-state index contributed by atoms with van der Waals surface area (Å²) in [6.07, 6.45) is 1.44. The fraction of sp³-hybridized carbons (Fsp3) is 0.154. The van der Waals surface area contributed by atoms with Crippen molar-refractivity contribution in [3.63, 3.8) is 0 Å². The molecule has 0 atom stereocenters. The number of carbonyl (C=O) groups excluding carboxylic acids is 1. The van der Waals surface area contributed by atoms with Gasteiger partial charge in [-0.1, -0.05) is 41.4 Å². The standard InChI is InChI=1S/C26H22Cl2N2O5/c1-32-23-13-21(24(33-2)12-20(23)28)30-26(31)18(14-29)10-17-6-9-22(25(11-17)34-3)35-15-16-4-7-19(27)8-5-16/h4-13H,15H2,1-3H3,(H,30,31)/b18-10+. The summed E-state index contributed by atoms with van der Waals surface area (Å²) < 4.78 is 21.7. The van der Waals surface area contributed by atoms with Crippen LogP contribution in [-0.2, 0) is 11.4 Å². The summed E-state index contributed by atoms with van der Waals surface area (Å²) in [5, 5.41) is 13.2. The van der Waals surface area contributed by atoms with E-state index in [-0.39, 0.29) is 5.57 Å². The Morgan fingerprint density at radius 3 is 2.23 bits per heavy atom. The van der Waals surface area contributed by atoms with Gasteiger partial charge in [0.15, 0.2) is 11.5 Å². The maximum absolute atomic E-state index is 12.8. The van der Waals surface area contributed by atoms with Crippen molar-refractivity contribution in [1.82, 2.24) is 0 Å². The van der Waals surface area contributed by atoms with Gasteiger partial charge in [0, 0.05) is 17.2 Å². The number of halogens is 2. The van der Waals surface area contributed by atoms with Gasteiger partial charge < -0.3 is 24.3 Å². The first-order valence-corrected chi connectivity index (χ1v) is 11.0. The van der Waals surface area contributed by atoms with Crippen LogP contribution in [0.4, 0.5) is 5.69 Å². The molecule has 0 unspecified atom stereocenters. The molecule has 35 heavy (non-hydrogen) atoms. The van der Waals surface area contributed by atoms with Gasteiger partial charge in [0.05, 0.1) is 32.0 Å². The van der Waals surface area contributed by atoms with Crippen LogP contribution in [0.25, 0.3) is 6.08 Å². The minimum absolute atomic E-state index is 0.127. The minimum atomic E-state index is -0.628. The molecule has 0 bridgehead atoms. The maximum Gasteiger partial charge on any atom is 0.266 e. The van der Waals surface area contributed by atoms with Gasteiger partial charge in [-0.3, -0.25) is 4.79 Å². The molecule has 0 saturated heterocycles. The number of nitriles is 1. The van der Waals surface area contributed by atoms with Crippen LogP contribution < -0.4 is 24.3 Å². The molecule has 0 aliphatic carbocycles. The van der Waals surface area contributed by atoms with Gasteiger partial charge in [0.2, 0.25) is 0 Å². The maximum atomic E-state index is 12.8. The van der Waals surface area contributed by atoms with E-state index in [4.69, 9.17) is 42.1 Å². The summed E-state index contributed by atoms with van der Waals surface area (Å²) >= 11 is 12.0. The molecule has 1 N–H and O–H groups in total. The highest BCUT2D eigenvalue weighted by atomic mass is 35.5. The van der Waals surface area contributed by atoms with Gasteiger partial charge in [0.1, 0.15) is 29.7 Å². The third-order valence-electron chi connectivity index (χ3n) is 4.89. The molecule has 3 aromatic rings. The van der Waals surface area contributed by atoms with Crippen molar-refractivity contribution in [3.05, 3.63) is 81.3 Å². The summed E-state index contributed by atoms with van der Waals surface area (Å²) in [4.78, 5) is 12.8. The lowest BCUT2D eigenvalue weighted by Gasteiger charge is -2.13. The highest BCUT2D eigenvalue weighted by Crippen LogP contribution is 2.36. The van der Waals surface area contributed by atoms with Gasteiger partial charge in [-0.25, -0.2) is 0 Å². The Bertz CT molecular complexity index is 1280. The van der Waals surface area contributed by atoms with Crippen molar-refractivity contribution in [2.45, 2.75) is 6.61 Å². The van der Waals surface area contributed by atoms with Crippen molar-refractivity contribution in [2.24, 2.45) is 0 Å². The number of benzene rings is 3. The van der Waals surface area contributed by atoms with Crippen molar-refractivity contribution in [2.75, 3.05) is 26.6 Å². The molecule has 0 aromatic heterocycles. The smallest absolute Gasteiger partial charge is 0.266 e. The van der Waals surface area contributed by atoms with E-state index >= 15 is 0 Å². The Morgan fingerprint density at radius 2 is 1.60 bits per heavy atom. The van der Waals surface area contributed by atoms with Gasteiger partial charge in [-0.2, -0.15) is 5.26 Å². The fourth-order valence-electron chi connectivity index (χ4n) is 3.10. The monoisotopic (exact) mass is 512 g/mol. The second-order valence-corrected chi connectivity index (χ2v) is 7.98. The Labute approximate surface area is 213 Å². The average molecular weight is 513 g/mol. The normalized spacial score (nSPS) is 10.8. The summed E-state index contributed by atoms with van der Waals surface area (Å²) in [7, 11) is 4.41. The SMILES string of the molecule is COc1cc(NC(=O)/C(C#N)=C/c2ccc(OCc3ccc(Cl)cc3)c(OC)c2)c(OC)cc1Cl. The molecule has 1 amide bonds. The highest BCUT2D eigenvalue weighted by Gasteiger charge is 2.16. The van der Waals surface area contributed by atoms with Crippen LogP contribution in [0.5, 0.6) is 23.0 Å². The van der Waals surface area contributed by atoms with Crippen LogP contribution >= 0.6 is 23.2 Å². The van der Waals surface area contributed by atoms with Gasteiger partial charge >= 0.3 is 0 Å². The van der Waals surface area contributed by atoms with E-state index in [9.17, 15) is 10.1 Å². The van der Waals surface area contributed by atoms with Crippen LogP contribution in [-0.4, -0.2) is 27.2 Å². The number of ether oxygens (including phenoxy) is 4. The number of nitrogens with zero attached hydrogens (tertiary/aromatic N) is 1. The predicted octanol–water partition coefficient (Wildman–Crippen LogP) is 6.14. The Kier molecular flexibility index (Phi) is 8.85. The molecule has 7 nitrogen and oxygen atoms in total. The Hall–Kier alpha value is -3.86. The molecule has 180 valence electrons. The quantitative estimate of drug-likeness (QED) is 0.273. The second-order valence-electron chi connectivity index (χ2n) is 7.14. The lowest BCUT2D eigenvalue weighted by atomic mass is 10.1. The molecule has 3 aromatic carbocycles. The number of nitrogens with one attached hydrogen (secondary N) is 1. The number of rotatable bonds is 9. The lowest BCUT2D eigenvalue weighted by Crippen LogP contribution is -2.14. The molecular formula is C26H22Cl2N2O5. The zero-order chi connectivity index (χ0) is 25.4. The zero-order valence-electron chi connectivity index (χ0n) is 19.2. The topological polar surface area (TPSA) is 89.8 Å². The molecule has 9 heteroatoms. The van der Waals surface area contributed by atoms with E-state index in [1.165, 1.54) is 39.5 Å². The molecule has 0 fully saturated rings. The third-order valence-corrected chi connectivity index (χ3v) is 5.44. The fourth-order valence-corrected chi connectivity index (χ4v) is 3.45. The van der Waals surface area contributed by atoms with E-state index in [1.54, 1.807) is 30.3 Å². The van der Waals surface area contributed by atoms with E-state index in [0.717, 1.165) is 5.56 Å². The van der Waals surface area contributed by atoms with Crippen molar-refractivity contribution < 1.29 is 23.7 Å². The number of hydrogen-bond donors (Lipinski definition) is 1. The number of methoxy groups -OCH3 is 3. The van der Waals surface area contributed by atoms with Crippen LogP contribution in [0.1, 0.15) is 11.1 Å². The molecular weight excluding hydrogens is 491 g/mol. The van der Waals surface area contributed by atoms with Crippen molar-refractivity contribution in [3.8, 4) is 29.1 Å². The van der Waals surface area contributed by atoms with E-state index < -0.39 is 5.91 Å². The number of anilines is 1. The molecule has 0 aliphatic heterocycles. The lowest BCUT2D eigenvalue weighted by molar-refractivity contribution is -0.112. The second kappa shape index (κ2) is 12.0. The molecule has 0 aliphatic rings. The molecule has 0 saturated carbocycles. The average Bonchev–Trinajstić information content (AvgIpc) is 2.87. The molecule has 0 radical (unpaired) electrons. The molecule has 0 heterocycles. The van der Waals surface area contributed by atoms with E-state index in [1.807, 2.05) is 18.2 Å². The first-order valence-electron chi connectivity index (χ1n) is 10.3. The summed E-state index contributed by atoms with van der Waals surface area (Å²) in [6.45, 7) is 0.320. The number of hydrogen-bond acceptors (Lipinski definition) is 6. The minimum Gasteiger partial charge on any atom is -0.495 e. The van der Waals surface area contributed by atoms with E-state index in [0.29, 0.717) is 50.9 Å². The Morgan fingerprint density at radius 1 is 0.914 bits per heavy atom. The van der Waals surface area contributed by atoms with E-state index in [2.05, 4.69) is 5.32 Å². The zero-order valence-corrected chi connectivity index (χ0v) is 20.7. The summed E-state index contributed by atoms with van der Waals surface area (Å²) in [5.41, 5.74) is 1.70. The third kappa shape index (κ3) is 6.60. The van der Waals surface area contributed by atoms with Gasteiger partial charge in [-0.15, -0.1) is 0 Å². The first kappa shape index (κ1) is 25.8. The van der Waals surface area contributed by atoms with Crippen molar-refractivity contribution in [1.29, 1.82) is 5.26 Å². The summed E-state index contributed by atoms with van der Waals surface area (Å²) in [5.74, 6) is 1.02. The van der Waals surface area contributed by atoms with Crippen molar-refractivity contribution >= 4 is 40.9 Å². The van der Waals surface area contributed by atoms with Crippen LogP contribution in [0.15, 0.2) is 60.2 Å². The predicted molar refractivity (Wildman–Crippen MR) is 136 cm³/mol. The molecule has 0 spiro atoms. The van der Waals surface area contributed by atoms with Gasteiger partial charge in [-0.05, 0) is 41.5 Å². The highest BCUT2D eigenvalue weighted by molar-refractivity contribution is 6.32. The van der Waals surface area contributed by atoms with Gasteiger partial charge in [0.25, 0.3) is 5.91 Å². The molecule has 3 rings (SSSR count).